The number of nitrogens with zero attached hydrogens (tertiary/aromatic N) is 1. The van der Waals surface area contributed by atoms with Crippen LogP contribution in [0.5, 0.6) is 0 Å². The minimum atomic E-state index is -4.58. The molecule has 2 heterocycles. The normalized spacial score (nSPS) is 13.6. The van der Waals surface area contributed by atoms with Crippen LogP contribution in [-0.2, 0) is 6.18 Å². The summed E-state index contributed by atoms with van der Waals surface area (Å²) in [7, 11) is 0. The summed E-state index contributed by atoms with van der Waals surface area (Å²) >= 11 is 8.81. The number of aliphatic hydroxyl groups is 1. The van der Waals surface area contributed by atoms with E-state index >= 15 is 0 Å². The molecule has 0 spiro atoms. The maximum absolute atomic E-state index is 12.4. The molecule has 0 aliphatic carbocycles. The summed E-state index contributed by atoms with van der Waals surface area (Å²) in [6.45, 7) is 0. The lowest BCUT2D eigenvalue weighted by molar-refractivity contribution is -0.141. The van der Waals surface area contributed by atoms with E-state index < -0.39 is 23.1 Å². The number of aliphatic hydroxyl groups excluding tert-OH is 1. The Balaban J connectivity index is 2.39. The first-order valence-electron chi connectivity index (χ1n) is 4.95. The second-order valence-corrected chi connectivity index (χ2v) is 4.82. The van der Waals surface area contributed by atoms with Crippen molar-refractivity contribution in [2.75, 3.05) is 0 Å². The van der Waals surface area contributed by atoms with Crippen LogP contribution in [0.1, 0.15) is 23.1 Å². The lowest BCUT2D eigenvalue weighted by Gasteiger charge is -2.12. The van der Waals surface area contributed by atoms with Gasteiger partial charge in [-0.1, -0.05) is 17.7 Å². The Bertz CT molecular complexity index is 600. The van der Waals surface area contributed by atoms with E-state index in [0.717, 1.165) is 12.1 Å². The van der Waals surface area contributed by atoms with E-state index in [1.807, 2.05) is 0 Å². The van der Waals surface area contributed by atoms with Gasteiger partial charge in [-0.15, -0.1) is 0 Å². The third-order valence-corrected chi connectivity index (χ3v) is 3.31. The Morgan fingerprint density at radius 1 is 1.32 bits per heavy atom. The van der Waals surface area contributed by atoms with E-state index in [1.165, 1.54) is 6.26 Å². The zero-order valence-electron chi connectivity index (χ0n) is 9.08. The molecule has 19 heavy (non-hydrogen) atoms. The van der Waals surface area contributed by atoms with Crippen molar-refractivity contribution in [3.8, 4) is 0 Å². The molecule has 0 aromatic carbocycles. The number of pyridine rings is 1. The molecule has 0 saturated heterocycles. The van der Waals surface area contributed by atoms with E-state index in [9.17, 15) is 18.3 Å². The first-order valence-corrected chi connectivity index (χ1v) is 6.12. The van der Waals surface area contributed by atoms with Gasteiger partial charge in [0.15, 0.2) is 5.76 Å². The van der Waals surface area contributed by atoms with Gasteiger partial charge < -0.3 is 9.52 Å². The van der Waals surface area contributed by atoms with Crippen LogP contribution in [0.3, 0.4) is 0 Å². The first-order chi connectivity index (χ1) is 8.80. The van der Waals surface area contributed by atoms with Crippen LogP contribution in [0.4, 0.5) is 13.2 Å². The molecule has 1 N–H and O–H groups in total. The Morgan fingerprint density at radius 2 is 2.00 bits per heavy atom. The van der Waals surface area contributed by atoms with Crippen LogP contribution in [0, 0.1) is 0 Å². The van der Waals surface area contributed by atoms with Gasteiger partial charge in [0, 0.05) is 5.56 Å². The highest BCUT2D eigenvalue weighted by Gasteiger charge is 2.33. The molecule has 2 rings (SSSR count). The van der Waals surface area contributed by atoms with Crippen molar-refractivity contribution in [2.45, 2.75) is 12.3 Å². The molecule has 0 fully saturated rings. The molecule has 0 bridgehead atoms. The van der Waals surface area contributed by atoms with Crippen molar-refractivity contribution in [2.24, 2.45) is 0 Å². The second kappa shape index (κ2) is 5.15. The van der Waals surface area contributed by atoms with Crippen molar-refractivity contribution >= 4 is 27.5 Å². The van der Waals surface area contributed by atoms with Gasteiger partial charge in [0.1, 0.15) is 17.0 Å². The van der Waals surface area contributed by atoms with Gasteiger partial charge in [-0.3, -0.25) is 0 Å². The van der Waals surface area contributed by atoms with Gasteiger partial charge in [-0.2, -0.15) is 13.2 Å². The third kappa shape index (κ3) is 2.93. The maximum atomic E-state index is 12.4. The van der Waals surface area contributed by atoms with E-state index in [1.54, 1.807) is 6.07 Å². The number of hydrogen-bond donors (Lipinski definition) is 1. The van der Waals surface area contributed by atoms with Crippen LogP contribution in [-0.4, -0.2) is 10.1 Å². The molecule has 3 nitrogen and oxygen atoms in total. The lowest BCUT2D eigenvalue weighted by atomic mass is 10.1. The molecule has 0 radical (unpaired) electrons. The Hall–Kier alpha value is -1.05. The molecule has 0 aliphatic heterocycles. The minimum absolute atomic E-state index is 0.0327. The molecule has 8 heteroatoms. The molecule has 0 aliphatic rings. The topological polar surface area (TPSA) is 46.3 Å². The van der Waals surface area contributed by atoms with Crippen LogP contribution >= 0.6 is 27.5 Å². The molecule has 1 unspecified atom stereocenters. The summed E-state index contributed by atoms with van der Waals surface area (Å²) in [6.07, 6.45) is -4.56. The number of rotatable bonds is 2. The van der Waals surface area contributed by atoms with Crippen molar-refractivity contribution in [1.29, 1.82) is 0 Å². The molecular formula is C11H6BrClF3NO2. The van der Waals surface area contributed by atoms with Gasteiger partial charge in [0.25, 0.3) is 0 Å². The maximum Gasteiger partial charge on any atom is 0.433 e. The predicted octanol–water partition coefficient (Wildman–Crippen LogP) is 4.19. The molecule has 2 aromatic heterocycles. The van der Waals surface area contributed by atoms with Gasteiger partial charge in [-0.25, -0.2) is 4.98 Å². The fraction of sp³-hybridized carbons (Fsp3) is 0.182. The van der Waals surface area contributed by atoms with Gasteiger partial charge in [0.2, 0.25) is 0 Å². The van der Waals surface area contributed by atoms with Crippen molar-refractivity contribution < 1.29 is 22.7 Å². The van der Waals surface area contributed by atoms with E-state index in [0.29, 0.717) is 4.47 Å². The quantitative estimate of drug-likeness (QED) is 0.821. The summed E-state index contributed by atoms with van der Waals surface area (Å²) < 4.78 is 42.8. The number of aromatic nitrogens is 1. The zero-order chi connectivity index (χ0) is 14.2. The summed E-state index contributed by atoms with van der Waals surface area (Å²) in [4.78, 5) is 3.23. The van der Waals surface area contributed by atoms with Crippen molar-refractivity contribution in [3.05, 3.63) is 51.1 Å². The Kier molecular flexibility index (Phi) is 3.89. The van der Waals surface area contributed by atoms with E-state index in [4.69, 9.17) is 16.0 Å². The SMILES string of the molecule is OC(c1ccc(C(F)(F)F)nc1Cl)c1occc1Br. The fourth-order valence-electron chi connectivity index (χ4n) is 1.45. The number of alkyl halides is 3. The largest absolute Gasteiger partial charge is 0.465 e. The molecular weight excluding hydrogens is 350 g/mol. The summed E-state index contributed by atoms with van der Waals surface area (Å²) in [5.41, 5.74) is -1.09. The van der Waals surface area contributed by atoms with E-state index in [2.05, 4.69) is 20.9 Å². The summed E-state index contributed by atoms with van der Waals surface area (Å²) in [5, 5.41) is 9.58. The van der Waals surface area contributed by atoms with Gasteiger partial charge in [-0.05, 0) is 28.1 Å². The monoisotopic (exact) mass is 355 g/mol. The smallest absolute Gasteiger partial charge is 0.433 e. The van der Waals surface area contributed by atoms with Gasteiger partial charge in [0.05, 0.1) is 10.7 Å². The predicted molar refractivity (Wildman–Crippen MR) is 64.7 cm³/mol. The average Bonchev–Trinajstić information content (AvgIpc) is 2.73. The zero-order valence-corrected chi connectivity index (χ0v) is 11.4. The number of furan rings is 1. The summed E-state index contributed by atoms with van der Waals surface area (Å²) in [5.74, 6) is 0.142. The highest BCUT2D eigenvalue weighted by Crippen LogP contribution is 2.35. The summed E-state index contributed by atoms with van der Waals surface area (Å²) in [6, 6.07) is 3.36. The highest BCUT2D eigenvalue weighted by atomic mass is 79.9. The third-order valence-electron chi connectivity index (χ3n) is 2.36. The molecule has 102 valence electrons. The number of halogens is 5. The highest BCUT2D eigenvalue weighted by molar-refractivity contribution is 9.10. The van der Waals surface area contributed by atoms with Crippen LogP contribution in [0.15, 0.2) is 33.4 Å². The standard InChI is InChI=1S/C11H6BrClF3NO2/c12-6-3-4-19-9(6)8(18)5-1-2-7(11(14,15)16)17-10(5)13/h1-4,8,18H. The molecule has 0 saturated carbocycles. The molecule has 0 amide bonds. The fourth-order valence-corrected chi connectivity index (χ4v) is 2.12. The van der Waals surface area contributed by atoms with E-state index in [-0.39, 0.29) is 11.3 Å². The molecule has 1 atom stereocenters. The van der Waals surface area contributed by atoms with Crippen molar-refractivity contribution in [3.63, 3.8) is 0 Å². The van der Waals surface area contributed by atoms with Crippen molar-refractivity contribution in [1.82, 2.24) is 4.98 Å². The van der Waals surface area contributed by atoms with Crippen LogP contribution < -0.4 is 0 Å². The van der Waals surface area contributed by atoms with Crippen LogP contribution in [0.25, 0.3) is 0 Å². The molecule has 2 aromatic rings. The average molecular weight is 357 g/mol. The Morgan fingerprint density at radius 3 is 2.47 bits per heavy atom. The number of hydrogen-bond acceptors (Lipinski definition) is 3. The minimum Gasteiger partial charge on any atom is -0.465 e. The van der Waals surface area contributed by atoms with Crippen LogP contribution in [0.2, 0.25) is 5.15 Å². The van der Waals surface area contributed by atoms with Gasteiger partial charge >= 0.3 is 6.18 Å². The first kappa shape index (κ1) is 14.4. The lowest BCUT2D eigenvalue weighted by Crippen LogP contribution is -2.10. The second-order valence-electron chi connectivity index (χ2n) is 3.61. The Labute approximate surface area is 119 Å².